The van der Waals surface area contributed by atoms with Gasteiger partial charge in [0.1, 0.15) is 5.03 Å². The second kappa shape index (κ2) is 8.12. The third-order valence-electron chi connectivity index (χ3n) is 2.95. The van der Waals surface area contributed by atoms with Crippen LogP contribution in [0.25, 0.3) is 0 Å². The van der Waals surface area contributed by atoms with Crippen LogP contribution in [0.5, 0.6) is 0 Å². The number of rotatable bonds is 6. The lowest BCUT2D eigenvalue weighted by molar-refractivity contribution is 0.0789. The van der Waals surface area contributed by atoms with E-state index in [4.69, 9.17) is 11.6 Å². The summed E-state index contributed by atoms with van der Waals surface area (Å²) in [6.07, 6.45) is 0. The molecule has 1 aromatic carbocycles. The summed E-state index contributed by atoms with van der Waals surface area (Å²) in [5, 5.41) is 12.5. The molecule has 0 radical (unpaired) electrons. The number of likely N-dealkylation sites (N-methyl/N-ethyl adjacent to an activating group) is 2. The Kier molecular flexibility index (Phi) is 6.18. The molecule has 2 rings (SSSR count). The first-order chi connectivity index (χ1) is 10.6. The van der Waals surface area contributed by atoms with E-state index in [1.165, 1.54) is 11.8 Å². The molecule has 1 aromatic heterocycles. The van der Waals surface area contributed by atoms with E-state index in [9.17, 15) is 4.79 Å². The fraction of sp³-hybridized carbons (Fsp3) is 0.267. The molecule has 1 amide bonds. The van der Waals surface area contributed by atoms with Gasteiger partial charge in [-0.25, -0.2) is 0 Å². The van der Waals surface area contributed by atoms with Crippen molar-refractivity contribution in [3.8, 4) is 0 Å². The van der Waals surface area contributed by atoms with Gasteiger partial charge in [-0.15, -0.1) is 10.2 Å². The Morgan fingerprint density at radius 3 is 2.68 bits per heavy atom. The van der Waals surface area contributed by atoms with Crippen molar-refractivity contribution in [2.45, 2.75) is 9.92 Å². The van der Waals surface area contributed by atoms with Gasteiger partial charge in [-0.05, 0) is 31.3 Å². The van der Waals surface area contributed by atoms with Gasteiger partial charge in [-0.2, -0.15) is 0 Å². The normalized spacial score (nSPS) is 10.5. The van der Waals surface area contributed by atoms with Crippen LogP contribution in [0.3, 0.4) is 0 Å². The molecule has 0 fully saturated rings. The molecule has 5 nitrogen and oxygen atoms in total. The minimum atomic E-state index is -0.142. The number of carbonyl (C=O) groups is 1. The third kappa shape index (κ3) is 4.43. The van der Waals surface area contributed by atoms with Crippen LogP contribution in [0, 0.1) is 0 Å². The van der Waals surface area contributed by atoms with E-state index >= 15 is 0 Å². The lowest BCUT2D eigenvalue weighted by Crippen LogP contribution is -2.33. The number of amides is 1. The fourth-order valence-electron chi connectivity index (χ4n) is 1.71. The number of hydrogen-bond acceptors (Lipinski definition) is 5. The van der Waals surface area contributed by atoms with Crippen LogP contribution in [-0.4, -0.2) is 48.2 Å². The Balaban J connectivity index is 2.04. The molecule has 0 aliphatic heterocycles. The summed E-state index contributed by atoms with van der Waals surface area (Å²) in [7, 11) is 3.59. The number of benzene rings is 1. The van der Waals surface area contributed by atoms with Crippen LogP contribution in [0.4, 0.5) is 0 Å². The summed E-state index contributed by atoms with van der Waals surface area (Å²) in [6.45, 7) is 1.35. The number of nitrogens with one attached hydrogen (secondary N) is 1. The van der Waals surface area contributed by atoms with Gasteiger partial charge >= 0.3 is 0 Å². The average Bonchev–Trinajstić information content (AvgIpc) is 2.55. The Morgan fingerprint density at radius 1 is 1.27 bits per heavy atom. The van der Waals surface area contributed by atoms with Crippen LogP contribution in [-0.2, 0) is 0 Å². The Morgan fingerprint density at radius 2 is 2.05 bits per heavy atom. The summed E-state index contributed by atoms with van der Waals surface area (Å²) in [6, 6.07) is 11.0. The molecule has 7 heteroatoms. The van der Waals surface area contributed by atoms with Crippen molar-refractivity contribution in [2.24, 2.45) is 0 Å². The van der Waals surface area contributed by atoms with E-state index < -0.39 is 0 Å². The minimum Gasteiger partial charge on any atom is -0.339 e. The smallest absolute Gasteiger partial charge is 0.274 e. The Labute approximate surface area is 139 Å². The van der Waals surface area contributed by atoms with Gasteiger partial charge in [0.05, 0.1) is 5.02 Å². The highest BCUT2D eigenvalue weighted by molar-refractivity contribution is 7.99. The average molecular weight is 337 g/mol. The molecule has 0 atom stereocenters. The number of carbonyl (C=O) groups excluding carboxylic acids is 1. The van der Waals surface area contributed by atoms with Crippen LogP contribution in [0.1, 0.15) is 10.5 Å². The molecular weight excluding hydrogens is 320 g/mol. The molecule has 116 valence electrons. The standard InChI is InChI=1S/C15H17ClN4OS/c1-17-9-10-20(2)15(21)12-7-8-14(19-18-12)22-13-6-4-3-5-11(13)16/h3-8,17H,9-10H2,1-2H3. The van der Waals surface area contributed by atoms with Gasteiger partial charge in [0.15, 0.2) is 5.69 Å². The molecule has 0 spiro atoms. The molecule has 22 heavy (non-hydrogen) atoms. The molecule has 1 N–H and O–H groups in total. The highest BCUT2D eigenvalue weighted by atomic mass is 35.5. The van der Waals surface area contributed by atoms with Gasteiger partial charge in [0.2, 0.25) is 0 Å². The van der Waals surface area contributed by atoms with E-state index in [-0.39, 0.29) is 5.91 Å². The third-order valence-corrected chi connectivity index (χ3v) is 4.40. The van der Waals surface area contributed by atoms with Crippen molar-refractivity contribution in [2.75, 3.05) is 27.2 Å². The zero-order valence-corrected chi connectivity index (χ0v) is 14.0. The van der Waals surface area contributed by atoms with Gasteiger partial charge in [0.25, 0.3) is 5.91 Å². The van der Waals surface area contributed by atoms with Crippen LogP contribution in [0.2, 0.25) is 5.02 Å². The highest BCUT2D eigenvalue weighted by Crippen LogP contribution is 2.31. The topological polar surface area (TPSA) is 58.1 Å². The summed E-state index contributed by atoms with van der Waals surface area (Å²) in [5.74, 6) is -0.142. The van der Waals surface area contributed by atoms with E-state index in [1.807, 2.05) is 31.3 Å². The summed E-state index contributed by atoms with van der Waals surface area (Å²) < 4.78 is 0. The van der Waals surface area contributed by atoms with Gasteiger partial charge < -0.3 is 10.2 Å². The van der Waals surface area contributed by atoms with Crippen LogP contribution in [0.15, 0.2) is 46.3 Å². The van der Waals surface area contributed by atoms with Crippen molar-refractivity contribution in [1.29, 1.82) is 0 Å². The van der Waals surface area contributed by atoms with Crippen molar-refractivity contribution in [3.63, 3.8) is 0 Å². The summed E-state index contributed by atoms with van der Waals surface area (Å²) >= 11 is 7.53. The maximum Gasteiger partial charge on any atom is 0.274 e. The maximum absolute atomic E-state index is 12.1. The Bertz CT molecular complexity index is 636. The van der Waals surface area contributed by atoms with E-state index in [1.54, 1.807) is 24.1 Å². The first-order valence-corrected chi connectivity index (χ1v) is 7.97. The maximum atomic E-state index is 12.1. The fourth-order valence-corrected chi connectivity index (χ4v) is 2.71. The number of hydrogen-bond donors (Lipinski definition) is 1. The first kappa shape index (κ1) is 16.7. The van der Waals surface area contributed by atoms with Crippen LogP contribution >= 0.6 is 23.4 Å². The van der Waals surface area contributed by atoms with Crippen molar-refractivity contribution < 1.29 is 4.79 Å². The SMILES string of the molecule is CNCCN(C)C(=O)c1ccc(Sc2ccccc2Cl)nn1. The van der Waals surface area contributed by atoms with Crippen molar-refractivity contribution in [3.05, 3.63) is 47.1 Å². The minimum absolute atomic E-state index is 0.142. The molecule has 0 aliphatic carbocycles. The summed E-state index contributed by atoms with van der Waals surface area (Å²) in [5.41, 5.74) is 0.335. The van der Waals surface area contributed by atoms with E-state index in [0.29, 0.717) is 22.3 Å². The Hall–Kier alpha value is -1.63. The van der Waals surface area contributed by atoms with E-state index in [2.05, 4.69) is 15.5 Å². The molecular formula is C15H17ClN4OS. The lowest BCUT2D eigenvalue weighted by atomic mass is 10.3. The molecule has 0 bridgehead atoms. The number of aromatic nitrogens is 2. The molecule has 0 saturated carbocycles. The molecule has 0 aliphatic rings. The molecule has 2 aromatic rings. The number of nitrogens with zero attached hydrogens (tertiary/aromatic N) is 3. The zero-order valence-electron chi connectivity index (χ0n) is 12.4. The van der Waals surface area contributed by atoms with E-state index in [0.717, 1.165) is 11.4 Å². The largest absolute Gasteiger partial charge is 0.339 e. The predicted molar refractivity (Wildman–Crippen MR) is 88.5 cm³/mol. The predicted octanol–water partition coefficient (Wildman–Crippen LogP) is 2.57. The molecule has 0 unspecified atom stereocenters. The molecule has 1 heterocycles. The summed E-state index contributed by atoms with van der Waals surface area (Å²) in [4.78, 5) is 14.7. The lowest BCUT2D eigenvalue weighted by Gasteiger charge is -2.15. The second-order valence-corrected chi connectivity index (χ2v) is 6.09. The van der Waals surface area contributed by atoms with Crippen molar-refractivity contribution >= 4 is 29.3 Å². The van der Waals surface area contributed by atoms with Crippen LogP contribution < -0.4 is 5.32 Å². The number of halogens is 1. The molecule has 0 saturated heterocycles. The second-order valence-electron chi connectivity index (χ2n) is 4.62. The van der Waals surface area contributed by atoms with Gasteiger partial charge in [-0.3, -0.25) is 4.79 Å². The van der Waals surface area contributed by atoms with Gasteiger partial charge in [0, 0.05) is 25.0 Å². The highest BCUT2D eigenvalue weighted by Gasteiger charge is 2.13. The van der Waals surface area contributed by atoms with Crippen molar-refractivity contribution in [1.82, 2.24) is 20.4 Å². The first-order valence-electron chi connectivity index (χ1n) is 6.78. The zero-order chi connectivity index (χ0) is 15.9. The van der Waals surface area contributed by atoms with Gasteiger partial charge in [-0.1, -0.05) is 35.5 Å². The monoisotopic (exact) mass is 336 g/mol. The quantitative estimate of drug-likeness (QED) is 0.878.